The maximum absolute atomic E-state index is 13.0. The molecule has 31 heavy (non-hydrogen) atoms. The van der Waals surface area contributed by atoms with E-state index < -0.39 is 5.91 Å². The van der Waals surface area contributed by atoms with Crippen LogP contribution in [-0.4, -0.2) is 21.1 Å². The van der Waals surface area contributed by atoms with Crippen LogP contribution in [0.15, 0.2) is 77.6 Å². The van der Waals surface area contributed by atoms with Gasteiger partial charge >= 0.3 is 0 Å². The topological polar surface area (TPSA) is 73.1 Å². The molecule has 0 spiro atoms. The Morgan fingerprint density at radius 1 is 0.806 bits per heavy atom. The van der Waals surface area contributed by atoms with Crippen LogP contribution in [0.3, 0.4) is 0 Å². The first kappa shape index (κ1) is 18.8. The van der Waals surface area contributed by atoms with E-state index in [0.717, 1.165) is 11.1 Å². The van der Waals surface area contributed by atoms with Crippen LogP contribution >= 0.6 is 0 Å². The molecule has 0 saturated heterocycles. The molecule has 5 rings (SSSR count). The second-order valence-corrected chi connectivity index (χ2v) is 7.53. The molecule has 4 aromatic rings. The highest BCUT2D eigenvalue weighted by Crippen LogP contribution is 2.36. The molecule has 6 heteroatoms. The number of aromatic nitrogens is 2. The molecule has 0 bridgehead atoms. The first-order valence-corrected chi connectivity index (χ1v) is 9.91. The molecule has 1 aliphatic rings. The summed E-state index contributed by atoms with van der Waals surface area (Å²) in [5.74, 6) is -0.528. The summed E-state index contributed by atoms with van der Waals surface area (Å²) in [4.78, 5) is 38.8. The molecule has 3 aromatic carbocycles. The fourth-order valence-electron chi connectivity index (χ4n) is 4.07. The van der Waals surface area contributed by atoms with Gasteiger partial charge < -0.3 is 5.32 Å². The second-order valence-electron chi connectivity index (χ2n) is 7.53. The van der Waals surface area contributed by atoms with Crippen LogP contribution in [0.2, 0.25) is 0 Å². The Balaban J connectivity index is 1.50. The number of ketones is 1. The number of anilines is 1. The van der Waals surface area contributed by atoms with Gasteiger partial charge in [0.05, 0.1) is 11.4 Å². The number of amides is 1. The lowest BCUT2D eigenvalue weighted by atomic mass is 10.0. The standard InChI is InChI=1S/C25H19N3O3/c1-15-22(25(31)28(27(15)2)17-8-4-3-5-9-17)26-24(30)16-12-13-19-18-10-6-7-11-20(18)23(29)21(19)14-16/h3-14H,1-2H3,(H,26,30). The highest BCUT2D eigenvalue weighted by atomic mass is 16.2. The van der Waals surface area contributed by atoms with Gasteiger partial charge in [0.2, 0.25) is 0 Å². The van der Waals surface area contributed by atoms with Crippen LogP contribution in [0.25, 0.3) is 16.8 Å². The third-order valence-electron chi connectivity index (χ3n) is 5.78. The minimum atomic E-state index is -0.433. The first-order valence-electron chi connectivity index (χ1n) is 9.91. The van der Waals surface area contributed by atoms with Gasteiger partial charge in [-0.3, -0.25) is 19.1 Å². The zero-order valence-corrected chi connectivity index (χ0v) is 17.0. The van der Waals surface area contributed by atoms with E-state index in [2.05, 4.69) is 5.32 Å². The van der Waals surface area contributed by atoms with Gasteiger partial charge in [-0.1, -0.05) is 48.5 Å². The normalized spacial score (nSPS) is 11.9. The van der Waals surface area contributed by atoms with Crippen LogP contribution in [0.1, 0.15) is 32.0 Å². The van der Waals surface area contributed by atoms with E-state index in [-0.39, 0.29) is 17.0 Å². The van der Waals surface area contributed by atoms with Crippen molar-refractivity contribution in [1.29, 1.82) is 0 Å². The second kappa shape index (κ2) is 6.95. The quantitative estimate of drug-likeness (QED) is 0.490. The summed E-state index contributed by atoms with van der Waals surface area (Å²) >= 11 is 0. The number of benzene rings is 3. The van der Waals surface area contributed by atoms with Gasteiger partial charge in [-0.2, -0.15) is 0 Å². The van der Waals surface area contributed by atoms with Gasteiger partial charge in [-0.25, -0.2) is 4.68 Å². The third kappa shape index (κ3) is 2.84. The Bertz CT molecular complexity index is 1430. The van der Waals surface area contributed by atoms with Gasteiger partial charge in [0.15, 0.2) is 5.78 Å². The van der Waals surface area contributed by atoms with E-state index in [1.165, 1.54) is 4.68 Å². The Kier molecular flexibility index (Phi) is 4.22. The number of carbonyl (C=O) groups excluding carboxylic acids is 2. The number of hydrogen-bond donors (Lipinski definition) is 1. The third-order valence-corrected chi connectivity index (χ3v) is 5.78. The highest BCUT2D eigenvalue weighted by Gasteiger charge is 2.27. The highest BCUT2D eigenvalue weighted by molar-refractivity contribution is 6.22. The number of rotatable bonds is 3. The monoisotopic (exact) mass is 409 g/mol. The van der Waals surface area contributed by atoms with Gasteiger partial charge in [-0.05, 0) is 42.3 Å². The first-order chi connectivity index (χ1) is 15.0. The maximum Gasteiger partial charge on any atom is 0.295 e. The van der Waals surface area contributed by atoms with E-state index in [1.807, 2.05) is 48.5 Å². The van der Waals surface area contributed by atoms with Gasteiger partial charge in [0.1, 0.15) is 5.69 Å². The van der Waals surface area contributed by atoms with Crippen molar-refractivity contribution in [3.8, 4) is 16.8 Å². The molecule has 0 saturated carbocycles. The van der Waals surface area contributed by atoms with Crippen LogP contribution < -0.4 is 10.9 Å². The molecule has 152 valence electrons. The molecule has 1 N–H and O–H groups in total. The molecule has 0 aliphatic heterocycles. The van der Waals surface area contributed by atoms with Crippen molar-refractivity contribution in [3.63, 3.8) is 0 Å². The SMILES string of the molecule is Cc1c(NC(=O)c2ccc3c(c2)C(=O)c2ccccc2-3)c(=O)n(-c2ccccc2)n1C. The molecule has 0 unspecified atom stereocenters. The van der Waals surface area contributed by atoms with Gasteiger partial charge in [0.25, 0.3) is 11.5 Å². The van der Waals surface area contributed by atoms with Crippen molar-refractivity contribution in [3.05, 3.63) is 106 Å². The molecule has 6 nitrogen and oxygen atoms in total. The van der Waals surface area contributed by atoms with Crippen LogP contribution in [0.4, 0.5) is 5.69 Å². The van der Waals surface area contributed by atoms with E-state index in [1.54, 1.807) is 42.9 Å². The minimum Gasteiger partial charge on any atom is -0.316 e. The summed E-state index contributed by atoms with van der Waals surface area (Å²) < 4.78 is 3.21. The zero-order chi connectivity index (χ0) is 21.7. The number of carbonyl (C=O) groups is 2. The summed E-state index contributed by atoms with van der Waals surface area (Å²) in [5.41, 5.74) is 4.40. The molecular formula is C25H19N3O3. The smallest absolute Gasteiger partial charge is 0.295 e. The van der Waals surface area contributed by atoms with E-state index >= 15 is 0 Å². The van der Waals surface area contributed by atoms with Crippen LogP contribution in [0.5, 0.6) is 0 Å². The number of para-hydroxylation sites is 1. The Hall–Kier alpha value is -4.19. The molecule has 0 atom stereocenters. The Morgan fingerprint density at radius 2 is 1.45 bits per heavy atom. The predicted octanol–water partition coefficient (Wildman–Crippen LogP) is 3.95. The van der Waals surface area contributed by atoms with Crippen molar-refractivity contribution in [2.45, 2.75) is 6.92 Å². The Labute approximate surface area is 178 Å². The van der Waals surface area contributed by atoms with Crippen molar-refractivity contribution in [1.82, 2.24) is 9.36 Å². The average Bonchev–Trinajstić information content (AvgIpc) is 3.20. The maximum atomic E-state index is 13.0. The molecule has 1 aliphatic carbocycles. The van der Waals surface area contributed by atoms with Crippen molar-refractivity contribution < 1.29 is 9.59 Å². The summed E-state index contributed by atoms with van der Waals surface area (Å²) in [6, 6.07) is 21.7. The summed E-state index contributed by atoms with van der Waals surface area (Å²) in [6.45, 7) is 1.78. The van der Waals surface area contributed by atoms with Crippen LogP contribution in [0, 0.1) is 6.92 Å². The predicted molar refractivity (Wildman–Crippen MR) is 119 cm³/mol. The number of nitrogens with one attached hydrogen (secondary N) is 1. The lowest BCUT2D eigenvalue weighted by Crippen LogP contribution is -2.23. The number of nitrogens with zero attached hydrogens (tertiary/aromatic N) is 2. The van der Waals surface area contributed by atoms with Gasteiger partial charge in [0, 0.05) is 23.7 Å². The molecule has 1 heterocycles. The minimum absolute atomic E-state index is 0.0948. The zero-order valence-electron chi connectivity index (χ0n) is 17.0. The molecule has 0 radical (unpaired) electrons. The Morgan fingerprint density at radius 3 is 2.19 bits per heavy atom. The fourth-order valence-corrected chi connectivity index (χ4v) is 4.07. The average molecular weight is 409 g/mol. The summed E-state index contributed by atoms with van der Waals surface area (Å²) in [6.07, 6.45) is 0. The van der Waals surface area contributed by atoms with E-state index in [4.69, 9.17) is 0 Å². The fraction of sp³-hybridized carbons (Fsp3) is 0.0800. The summed E-state index contributed by atoms with van der Waals surface area (Å²) in [7, 11) is 1.77. The van der Waals surface area contributed by atoms with Crippen molar-refractivity contribution in [2.75, 3.05) is 5.32 Å². The number of hydrogen-bond acceptors (Lipinski definition) is 3. The molecule has 1 amide bonds. The van der Waals surface area contributed by atoms with E-state index in [9.17, 15) is 14.4 Å². The van der Waals surface area contributed by atoms with E-state index in [0.29, 0.717) is 28.1 Å². The molecule has 0 fully saturated rings. The van der Waals surface area contributed by atoms with Crippen molar-refractivity contribution in [2.24, 2.45) is 7.05 Å². The summed E-state index contributed by atoms with van der Waals surface area (Å²) in [5, 5.41) is 2.75. The van der Waals surface area contributed by atoms with Crippen LogP contribution in [-0.2, 0) is 7.05 Å². The molecule has 1 aromatic heterocycles. The van der Waals surface area contributed by atoms with Gasteiger partial charge in [-0.15, -0.1) is 0 Å². The number of fused-ring (bicyclic) bond motifs is 3. The lowest BCUT2D eigenvalue weighted by Gasteiger charge is -2.07. The molecular weight excluding hydrogens is 390 g/mol. The van der Waals surface area contributed by atoms with Crippen molar-refractivity contribution >= 4 is 17.4 Å². The largest absolute Gasteiger partial charge is 0.316 e. The lowest BCUT2D eigenvalue weighted by molar-refractivity contribution is 0.102.